The molecule has 1 atom stereocenters. The van der Waals surface area contributed by atoms with Crippen LogP contribution in [-0.2, 0) is 4.74 Å². The Hall–Kier alpha value is -3.52. The molecule has 0 amide bonds. The number of rotatable bonds is 3. The van der Waals surface area contributed by atoms with E-state index in [2.05, 4.69) is 9.97 Å². The van der Waals surface area contributed by atoms with E-state index < -0.39 is 0 Å². The predicted molar refractivity (Wildman–Crippen MR) is 119 cm³/mol. The summed E-state index contributed by atoms with van der Waals surface area (Å²) in [6.07, 6.45) is 1.65. The largest absolute Gasteiger partial charge is 0.384 e. The number of imidazole rings is 1. The molecule has 158 valence electrons. The number of pyridine rings is 2. The summed E-state index contributed by atoms with van der Waals surface area (Å²) in [7, 11) is 0. The van der Waals surface area contributed by atoms with E-state index in [0.717, 1.165) is 22.6 Å². The van der Waals surface area contributed by atoms with Crippen molar-refractivity contribution >= 4 is 22.7 Å². The number of benzene rings is 1. The third-order valence-electron chi connectivity index (χ3n) is 5.62. The molecule has 0 spiro atoms. The number of morpholine rings is 1. The number of aryl methyl sites for hydroxylation is 1. The number of hydrogen-bond acceptors (Lipinski definition) is 6. The van der Waals surface area contributed by atoms with Gasteiger partial charge in [-0.05, 0) is 50.2 Å². The molecule has 1 saturated heterocycles. The number of halogens is 1. The van der Waals surface area contributed by atoms with Crippen molar-refractivity contribution < 1.29 is 9.13 Å². The topological polar surface area (TPSA) is 82.1 Å². The fourth-order valence-electron chi connectivity index (χ4n) is 4.10. The monoisotopic (exact) mass is 418 g/mol. The zero-order valence-electron chi connectivity index (χ0n) is 17.4. The van der Waals surface area contributed by atoms with Crippen LogP contribution in [0.3, 0.4) is 0 Å². The number of nitrogen functional groups attached to an aromatic ring is 1. The van der Waals surface area contributed by atoms with Crippen LogP contribution in [0.5, 0.6) is 0 Å². The molecule has 0 radical (unpaired) electrons. The minimum absolute atomic E-state index is 0.127. The first-order valence-electron chi connectivity index (χ1n) is 10.2. The van der Waals surface area contributed by atoms with Crippen LogP contribution in [0.25, 0.3) is 28.1 Å². The third kappa shape index (κ3) is 3.48. The lowest BCUT2D eigenvalue weighted by atomic mass is 10.1. The van der Waals surface area contributed by atoms with Crippen LogP contribution in [0.2, 0.25) is 0 Å². The van der Waals surface area contributed by atoms with Gasteiger partial charge < -0.3 is 15.4 Å². The standard InChI is InChI=1S/C23H23FN6O/c1-14-13-31-10-9-29(14)21-6-3-17(12-18(21)24)30-15(2)27-20-5-4-19(28-23(20)30)16-7-8-26-22(25)11-16/h3-8,11-12,14H,9-10,13H2,1-2H3,(H2,25,26)/t14-/m0/s1. The van der Waals surface area contributed by atoms with Crippen molar-refractivity contribution in [2.75, 3.05) is 30.4 Å². The van der Waals surface area contributed by atoms with Crippen LogP contribution < -0.4 is 10.6 Å². The Balaban J connectivity index is 1.59. The second kappa shape index (κ2) is 7.63. The second-order valence-corrected chi connectivity index (χ2v) is 7.76. The lowest BCUT2D eigenvalue weighted by Crippen LogP contribution is -2.44. The van der Waals surface area contributed by atoms with Crippen molar-refractivity contribution in [2.24, 2.45) is 0 Å². The molecule has 2 N–H and O–H groups in total. The first kappa shape index (κ1) is 19.4. The molecule has 0 aliphatic carbocycles. The van der Waals surface area contributed by atoms with Crippen LogP contribution in [0.1, 0.15) is 12.7 Å². The molecule has 1 aliphatic rings. The van der Waals surface area contributed by atoms with Crippen molar-refractivity contribution in [1.82, 2.24) is 19.5 Å². The summed E-state index contributed by atoms with van der Waals surface area (Å²) in [6.45, 7) is 5.80. The van der Waals surface area contributed by atoms with Gasteiger partial charge in [0, 0.05) is 30.4 Å². The van der Waals surface area contributed by atoms with Gasteiger partial charge in [-0.2, -0.15) is 0 Å². The molecule has 31 heavy (non-hydrogen) atoms. The van der Waals surface area contributed by atoms with Gasteiger partial charge >= 0.3 is 0 Å². The summed E-state index contributed by atoms with van der Waals surface area (Å²) >= 11 is 0. The van der Waals surface area contributed by atoms with Crippen molar-refractivity contribution in [3.8, 4) is 16.9 Å². The number of nitrogens with zero attached hydrogens (tertiary/aromatic N) is 5. The Morgan fingerprint density at radius 2 is 2.00 bits per heavy atom. The number of aromatic nitrogens is 4. The van der Waals surface area contributed by atoms with Gasteiger partial charge in [0.1, 0.15) is 23.0 Å². The van der Waals surface area contributed by atoms with E-state index in [9.17, 15) is 0 Å². The molecule has 4 aromatic rings. The number of hydrogen-bond donors (Lipinski definition) is 1. The van der Waals surface area contributed by atoms with Crippen LogP contribution in [0.15, 0.2) is 48.7 Å². The summed E-state index contributed by atoms with van der Waals surface area (Å²) in [6, 6.07) is 12.9. The van der Waals surface area contributed by atoms with Gasteiger partial charge in [0.25, 0.3) is 0 Å². The van der Waals surface area contributed by atoms with Crippen LogP contribution >= 0.6 is 0 Å². The normalized spacial score (nSPS) is 16.7. The average Bonchev–Trinajstić information content (AvgIpc) is 3.09. The van der Waals surface area contributed by atoms with Gasteiger partial charge in [-0.1, -0.05) is 0 Å². The quantitative estimate of drug-likeness (QED) is 0.546. The SMILES string of the molecule is Cc1nc2ccc(-c3ccnc(N)c3)nc2n1-c1ccc(N2CCOC[C@@H]2C)c(F)c1. The number of fused-ring (bicyclic) bond motifs is 1. The van der Waals surface area contributed by atoms with Crippen molar-refractivity contribution in [3.05, 3.63) is 60.3 Å². The van der Waals surface area contributed by atoms with Crippen LogP contribution in [-0.4, -0.2) is 45.3 Å². The molecule has 0 bridgehead atoms. The third-order valence-corrected chi connectivity index (χ3v) is 5.62. The Morgan fingerprint density at radius 3 is 2.77 bits per heavy atom. The van der Waals surface area contributed by atoms with Crippen molar-refractivity contribution in [1.29, 1.82) is 0 Å². The molecular formula is C23H23FN6O. The minimum atomic E-state index is -0.273. The highest BCUT2D eigenvalue weighted by molar-refractivity contribution is 5.78. The van der Waals surface area contributed by atoms with Crippen molar-refractivity contribution in [3.63, 3.8) is 0 Å². The Kier molecular flexibility index (Phi) is 4.78. The van der Waals surface area contributed by atoms with E-state index in [0.29, 0.717) is 42.6 Å². The molecular weight excluding hydrogens is 395 g/mol. The molecule has 0 unspecified atom stereocenters. The highest BCUT2D eigenvalue weighted by Crippen LogP contribution is 2.29. The lowest BCUT2D eigenvalue weighted by Gasteiger charge is -2.35. The highest BCUT2D eigenvalue weighted by Gasteiger charge is 2.22. The lowest BCUT2D eigenvalue weighted by molar-refractivity contribution is 0.0986. The van der Waals surface area contributed by atoms with E-state index in [1.54, 1.807) is 18.3 Å². The summed E-state index contributed by atoms with van der Waals surface area (Å²) in [5.74, 6) is 0.894. The maximum atomic E-state index is 15.2. The first-order chi connectivity index (χ1) is 15.0. The van der Waals surface area contributed by atoms with Gasteiger partial charge in [0.15, 0.2) is 5.65 Å². The van der Waals surface area contributed by atoms with E-state index >= 15 is 4.39 Å². The maximum Gasteiger partial charge on any atom is 0.165 e. The van der Waals surface area contributed by atoms with E-state index in [-0.39, 0.29) is 11.9 Å². The fourth-order valence-corrected chi connectivity index (χ4v) is 4.10. The van der Waals surface area contributed by atoms with Crippen LogP contribution in [0.4, 0.5) is 15.9 Å². The van der Waals surface area contributed by atoms with Crippen molar-refractivity contribution in [2.45, 2.75) is 19.9 Å². The highest BCUT2D eigenvalue weighted by atomic mass is 19.1. The second-order valence-electron chi connectivity index (χ2n) is 7.76. The van der Waals surface area contributed by atoms with E-state index in [4.69, 9.17) is 15.5 Å². The zero-order chi connectivity index (χ0) is 21.5. The molecule has 8 heteroatoms. The molecule has 1 aliphatic heterocycles. The first-order valence-corrected chi connectivity index (χ1v) is 10.2. The van der Waals surface area contributed by atoms with Gasteiger partial charge in [-0.15, -0.1) is 0 Å². The Labute approximate surface area is 179 Å². The molecule has 5 rings (SSSR count). The van der Waals surface area contributed by atoms with Gasteiger partial charge in [0.05, 0.1) is 30.3 Å². The summed E-state index contributed by atoms with van der Waals surface area (Å²) in [4.78, 5) is 15.5. The summed E-state index contributed by atoms with van der Waals surface area (Å²) in [5.41, 5.74) is 10.1. The molecule has 4 heterocycles. The average molecular weight is 418 g/mol. The predicted octanol–water partition coefficient (Wildman–Crippen LogP) is 3.74. The molecule has 1 fully saturated rings. The molecule has 0 saturated carbocycles. The molecule has 3 aromatic heterocycles. The minimum Gasteiger partial charge on any atom is -0.384 e. The van der Waals surface area contributed by atoms with Gasteiger partial charge in [0.2, 0.25) is 0 Å². The smallest absolute Gasteiger partial charge is 0.165 e. The zero-order valence-corrected chi connectivity index (χ0v) is 17.4. The van der Waals surface area contributed by atoms with Crippen LogP contribution in [0, 0.1) is 12.7 Å². The van der Waals surface area contributed by atoms with E-state index in [1.165, 1.54) is 0 Å². The van der Waals surface area contributed by atoms with E-state index in [1.807, 2.05) is 53.6 Å². The number of nitrogens with two attached hydrogens (primary N) is 1. The number of ether oxygens (including phenoxy) is 1. The van der Waals surface area contributed by atoms with Gasteiger partial charge in [-0.3, -0.25) is 4.57 Å². The molecule has 7 nitrogen and oxygen atoms in total. The summed E-state index contributed by atoms with van der Waals surface area (Å²) in [5, 5.41) is 0. The number of anilines is 2. The Morgan fingerprint density at radius 1 is 1.13 bits per heavy atom. The Bertz CT molecular complexity index is 1270. The molecule has 1 aromatic carbocycles. The summed E-state index contributed by atoms with van der Waals surface area (Å²) < 4.78 is 22.5. The van der Waals surface area contributed by atoms with Gasteiger partial charge in [-0.25, -0.2) is 19.3 Å². The fraction of sp³-hybridized carbons (Fsp3) is 0.261. The maximum absolute atomic E-state index is 15.2.